The summed E-state index contributed by atoms with van der Waals surface area (Å²) in [7, 11) is 0. The van der Waals surface area contributed by atoms with E-state index in [4.69, 9.17) is 0 Å². The molecule has 0 N–H and O–H groups in total. The lowest BCUT2D eigenvalue weighted by Gasteiger charge is -2.24. The zero-order valence-corrected chi connectivity index (χ0v) is 32.0. The first-order chi connectivity index (χ1) is 28.1. The molecule has 0 saturated carbocycles. The minimum absolute atomic E-state index is 0.173. The molecule has 0 heteroatoms. The number of rotatable bonds is 3. The Balaban J connectivity index is 1.11. The van der Waals surface area contributed by atoms with Gasteiger partial charge in [0, 0.05) is 5.41 Å². The van der Waals surface area contributed by atoms with Crippen molar-refractivity contribution in [3.8, 4) is 44.5 Å². The van der Waals surface area contributed by atoms with Crippen molar-refractivity contribution in [1.82, 2.24) is 0 Å². The third-order valence-corrected chi connectivity index (χ3v) is 13.0. The molecular formula is C57H38. The quantitative estimate of drug-likeness (QED) is 0.126. The van der Waals surface area contributed by atoms with Crippen molar-refractivity contribution in [3.63, 3.8) is 0 Å². The van der Waals surface area contributed by atoms with Gasteiger partial charge < -0.3 is 0 Å². The van der Waals surface area contributed by atoms with Crippen LogP contribution in [0.25, 0.3) is 109 Å². The monoisotopic (exact) mass is 722 g/mol. The Morgan fingerprint density at radius 2 is 0.719 bits per heavy atom. The molecule has 1 aliphatic rings. The summed E-state index contributed by atoms with van der Waals surface area (Å²) < 4.78 is 0. The van der Waals surface area contributed by atoms with Gasteiger partial charge in [-0.1, -0.05) is 202 Å². The number of hydrogen-bond donors (Lipinski definition) is 0. The van der Waals surface area contributed by atoms with E-state index in [-0.39, 0.29) is 5.41 Å². The van der Waals surface area contributed by atoms with Crippen LogP contribution in [-0.4, -0.2) is 0 Å². The van der Waals surface area contributed by atoms with E-state index in [9.17, 15) is 0 Å². The lowest BCUT2D eigenvalue weighted by Crippen LogP contribution is -2.15. The van der Waals surface area contributed by atoms with E-state index in [0.29, 0.717) is 0 Å². The van der Waals surface area contributed by atoms with Gasteiger partial charge in [-0.3, -0.25) is 0 Å². The molecule has 0 aromatic heterocycles. The molecular weight excluding hydrogens is 685 g/mol. The second kappa shape index (κ2) is 12.0. The maximum Gasteiger partial charge on any atom is 0.0165 e. The Bertz CT molecular complexity index is 3410. The van der Waals surface area contributed by atoms with Crippen LogP contribution >= 0.6 is 0 Å². The van der Waals surface area contributed by atoms with E-state index in [1.54, 1.807) is 0 Å². The largest absolute Gasteiger partial charge is 0.0616 e. The first-order valence-electron chi connectivity index (χ1n) is 20.1. The highest BCUT2D eigenvalue weighted by molar-refractivity contribution is 6.25. The third kappa shape index (κ3) is 4.50. The van der Waals surface area contributed by atoms with Gasteiger partial charge in [0.1, 0.15) is 0 Å². The van der Waals surface area contributed by atoms with Crippen molar-refractivity contribution in [1.29, 1.82) is 0 Å². The average Bonchev–Trinajstić information content (AvgIpc) is 3.52. The van der Waals surface area contributed by atoms with E-state index < -0.39 is 0 Å². The second-order valence-electron chi connectivity index (χ2n) is 16.3. The zero-order chi connectivity index (χ0) is 37.8. The van der Waals surface area contributed by atoms with Gasteiger partial charge in [0.2, 0.25) is 0 Å². The van der Waals surface area contributed by atoms with Crippen molar-refractivity contribution >= 4 is 64.6 Å². The molecule has 0 nitrogen and oxygen atoms in total. The molecule has 0 fully saturated rings. The van der Waals surface area contributed by atoms with Crippen LogP contribution in [0.4, 0.5) is 0 Å². The minimum Gasteiger partial charge on any atom is -0.0616 e. The normalized spacial score (nSPS) is 13.2. The van der Waals surface area contributed by atoms with Gasteiger partial charge in [0.05, 0.1) is 0 Å². The lowest BCUT2D eigenvalue weighted by molar-refractivity contribution is 0.666. The molecule has 11 aromatic rings. The van der Waals surface area contributed by atoms with Crippen LogP contribution in [0.2, 0.25) is 0 Å². The standard InChI is InChI=1S/C57H38/c1-57(2)51-29-15-28-49(54(51)55-43-22-9-7-19-40(43)41-20-8-14-27-48(41)56(55)57)53-46-25-12-10-23-44(46)52(45-24-11-13-26-47(45)53)36-32-30-35(31-33-36)50-34-37-16-3-4-17-38(37)39-18-5-6-21-42(39)50/h3-34H,1-2H3. The summed E-state index contributed by atoms with van der Waals surface area (Å²) in [6, 6.07) is 72.5. The molecule has 0 bridgehead atoms. The molecule has 0 saturated heterocycles. The molecule has 0 radical (unpaired) electrons. The molecule has 1 aliphatic carbocycles. The summed E-state index contributed by atoms with van der Waals surface area (Å²) in [6.07, 6.45) is 0. The van der Waals surface area contributed by atoms with Crippen LogP contribution in [-0.2, 0) is 5.41 Å². The summed E-state index contributed by atoms with van der Waals surface area (Å²) in [5.41, 5.74) is 13.0. The summed E-state index contributed by atoms with van der Waals surface area (Å²) in [5.74, 6) is 0. The SMILES string of the molecule is CC1(C)c2cccc(-c3c4ccccc4c(-c4ccc(-c5cc6ccccc6c6ccccc56)cc4)c4ccccc34)c2-c2c1c1ccccc1c1ccccc21. The van der Waals surface area contributed by atoms with Gasteiger partial charge in [-0.15, -0.1) is 0 Å². The molecule has 11 aromatic carbocycles. The van der Waals surface area contributed by atoms with E-state index in [0.717, 1.165) is 0 Å². The Morgan fingerprint density at radius 3 is 1.33 bits per heavy atom. The lowest BCUT2D eigenvalue weighted by atomic mass is 9.79. The molecule has 57 heavy (non-hydrogen) atoms. The number of fused-ring (bicyclic) bond motifs is 13. The molecule has 0 unspecified atom stereocenters. The molecule has 0 heterocycles. The van der Waals surface area contributed by atoms with Crippen molar-refractivity contribution in [3.05, 3.63) is 205 Å². The molecule has 12 rings (SSSR count). The zero-order valence-electron chi connectivity index (χ0n) is 32.0. The van der Waals surface area contributed by atoms with E-state index in [1.807, 2.05) is 0 Å². The van der Waals surface area contributed by atoms with Crippen molar-refractivity contribution in [2.24, 2.45) is 0 Å². The third-order valence-electron chi connectivity index (χ3n) is 13.0. The number of benzene rings is 11. The fourth-order valence-electron chi connectivity index (χ4n) is 10.6. The fourth-order valence-corrected chi connectivity index (χ4v) is 10.6. The predicted octanol–water partition coefficient (Wildman–Crippen LogP) is 15.9. The summed E-state index contributed by atoms with van der Waals surface area (Å²) in [6.45, 7) is 4.85. The Labute approximate surface area is 332 Å². The van der Waals surface area contributed by atoms with Crippen LogP contribution in [0, 0.1) is 0 Å². The summed E-state index contributed by atoms with van der Waals surface area (Å²) >= 11 is 0. The van der Waals surface area contributed by atoms with Crippen LogP contribution in [0.15, 0.2) is 194 Å². The van der Waals surface area contributed by atoms with Gasteiger partial charge in [0.25, 0.3) is 0 Å². The van der Waals surface area contributed by atoms with Crippen LogP contribution in [0.5, 0.6) is 0 Å². The highest BCUT2D eigenvalue weighted by Crippen LogP contribution is 2.58. The highest BCUT2D eigenvalue weighted by atomic mass is 14.4. The smallest absolute Gasteiger partial charge is 0.0165 e. The maximum absolute atomic E-state index is 2.42. The van der Waals surface area contributed by atoms with Crippen molar-refractivity contribution in [2.45, 2.75) is 19.3 Å². The van der Waals surface area contributed by atoms with Crippen LogP contribution in [0.3, 0.4) is 0 Å². The topological polar surface area (TPSA) is 0 Å². The van der Waals surface area contributed by atoms with Crippen LogP contribution in [0.1, 0.15) is 25.0 Å². The Hall–Kier alpha value is -7.02. The Morgan fingerprint density at radius 1 is 0.281 bits per heavy atom. The number of hydrogen-bond acceptors (Lipinski definition) is 0. The van der Waals surface area contributed by atoms with Crippen molar-refractivity contribution in [2.75, 3.05) is 0 Å². The van der Waals surface area contributed by atoms with Crippen molar-refractivity contribution < 1.29 is 0 Å². The second-order valence-corrected chi connectivity index (χ2v) is 16.3. The van der Waals surface area contributed by atoms with Gasteiger partial charge in [0.15, 0.2) is 0 Å². The average molecular weight is 723 g/mol. The first kappa shape index (κ1) is 32.2. The maximum atomic E-state index is 2.42. The van der Waals surface area contributed by atoms with Crippen LogP contribution < -0.4 is 0 Å². The fraction of sp³-hybridized carbons (Fsp3) is 0.0526. The molecule has 0 aliphatic heterocycles. The van der Waals surface area contributed by atoms with E-state index in [2.05, 4.69) is 208 Å². The molecule has 0 atom stereocenters. The summed E-state index contributed by atoms with van der Waals surface area (Å²) in [4.78, 5) is 0. The highest BCUT2D eigenvalue weighted by Gasteiger charge is 2.40. The molecule has 0 amide bonds. The van der Waals surface area contributed by atoms with Gasteiger partial charge in [-0.25, -0.2) is 0 Å². The van der Waals surface area contributed by atoms with Gasteiger partial charge in [-0.05, 0) is 126 Å². The van der Waals surface area contributed by atoms with E-state index in [1.165, 1.54) is 120 Å². The first-order valence-corrected chi connectivity index (χ1v) is 20.1. The molecule has 266 valence electrons. The summed E-state index contributed by atoms with van der Waals surface area (Å²) in [5, 5.41) is 15.6. The van der Waals surface area contributed by atoms with Gasteiger partial charge >= 0.3 is 0 Å². The molecule has 0 spiro atoms. The van der Waals surface area contributed by atoms with Gasteiger partial charge in [-0.2, -0.15) is 0 Å². The minimum atomic E-state index is -0.173. The Kier molecular flexibility index (Phi) is 6.78. The predicted molar refractivity (Wildman–Crippen MR) is 245 cm³/mol. The van der Waals surface area contributed by atoms with E-state index >= 15 is 0 Å².